The third-order valence-electron chi connectivity index (χ3n) is 6.91. The van der Waals surface area contributed by atoms with Crippen LogP contribution in [0.5, 0.6) is 5.75 Å². The van der Waals surface area contributed by atoms with E-state index in [0.29, 0.717) is 6.54 Å². The molecule has 0 unspecified atom stereocenters. The summed E-state index contributed by atoms with van der Waals surface area (Å²) < 4.78 is 7.64. The number of methoxy groups -OCH3 is 1. The van der Waals surface area contributed by atoms with Crippen molar-refractivity contribution in [2.45, 2.75) is 39.4 Å². The smallest absolute Gasteiger partial charge is 0.170 e. The zero-order valence-corrected chi connectivity index (χ0v) is 22.4. The van der Waals surface area contributed by atoms with Crippen LogP contribution in [0, 0.1) is 20.8 Å². The summed E-state index contributed by atoms with van der Waals surface area (Å²) in [6, 6.07) is 22.4. The molecule has 0 saturated carbocycles. The van der Waals surface area contributed by atoms with Crippen LogP contribution in [0.1, 0.15) is 45.9 Å². The molecule has 7 heteroatoms. The van der Waals surface area contributed by atoms with Crippen LogP contribution in [-0.4, -0.2) is 26.7 Å². The van der Waals surface area contributed by atoms with Crippen molar-refractivity contribution in [3.8, 4) is 11.4 Å². The molecule has 36 heavy (non-hydrogen) atoms. The molecule has 1 aliphatic rings. The van der Waals surface area contributed by atoms with E-state index in [-0.39, 0.29) is 12.1 Å². The van der Waals surface area contributed by atoms with Gasteiger partial charge >= 0.3 is 0 Å². The van der Waals surface area contributed by atoms with Crippen molar-refractivity contribution in [3.63, 3.8) is 0 Å². The Hall–Kier alpha value is -3.35. The molecule has 1 aliphatic heterocycles. The number of benzene rings is 2. The Kier molecular flexibility index (Phi) is 6.73. The van der Waals surface area contributed by atoms with Gasteiger partial charge < -0.3 is 19.5 Å². The van der Waals surface area contributed by atoms with Gasteiger partial charge in [0.2, 0.25) is 0 Å². The first-order valence-corrected chi connectivity index (χ1v) is 12.7. The first-order valence-electron chi connectivity index (χ1n) is 11.9. The second-order valence-corrected chi connectivity index (χ2v) is 10.0. The Morgan fingerprint density at radius 1 is 1.03 bits per heavy atom. The molecule has 3 heterocycles. The molecule has 5 nitrogen and oxygen atoms in total. The minimum absolute atomic E-state index is 0.0334. The number of nitrogens with one attached hydrogen (secondary N) is 1. The first-order chi connectivity index (χ1) is 17.4. The number of ether oxygens (including phenoxy) is 1. The second kappa shape index (κ2) is 9.96. The van der Waals surface area contributed by atoms with Crippen LogP contribution in [0.2, 0.25) is 5.02 Å². The van der Waals surface area contributed by atoms with E-state index in [4.69, 9.17) is 28.6 Å². The molecule has 0 radical (unpaired) electrons. The summed E-state index contributed by atoms with van der Waals surface area (Å²) in [5, 5.41) is 5.01. The van der Waals surface area contributed by atoms with Gasteiger partial charge in [-0.15, -0.1) is 0 Å². The van der Waals surface area contributed by atoms with Crippen molar-refractivity contribution in [3.05, 3.63) is 112 Å². The molecule has 0 bridgehead atoms. The van der Waals surface area contributed by atoms with Gasteiger partial charge in [0.1, 0.15) is 5.75 Å². The van der Waals surface area contributed by atoms with Crippen molar-refractivity contribution in [1.29, 1.82) is 0 Å². The van der Waals surface area contributed by atoms with Crippen LogP contribution in [0.25, 0.3) is 5.69 Å². The van der Waals surface area contributed by atoms with Gasteiger partial charge in [0.25, 0.3) is 0 Å². The highest BCUT2D eigenvalue weighted by Gasteiger charge is 2.41. The van der Waals surface area contributed by atoms with E-state index in [9.17, 15) is 0 Å². The van der Waals surface area contributed by atoms with E-state index in [0.717, 1.165) is 44.2 Å². The molecule has 5 rings (SSSR count). The van der Waals surface area contributed by atoms with Crippen molar-refractivity contribution >= 4 is 28.9 Å². The summed E-state index contributed by atoms with van der Waals surface area (Å²) >= 11 is 12.3. The quantitative estimate of drug-likeness (QED) is 0.291. The average molecular weight is 517 g/mol. The summed E-state index contributed by atoms with van der Waals surface area (Å²) in [6.45, 7) is 7.10. The monoisotopic (exact) mass is 516 g/mol. The molecular formula is C29H29ClN4OS. The van der Waals surface area contributed by atoms with E-state index >= 15 is 0 Å². The normalized spacial score (nSPS) is 17.4. The van der Waals surface area contributed by atoms with E-state index in [2.05, 4.69) is 70.9 Å². The lowest BCUT2D eigenvalue weighted by molar-refractivity contribution is 0.310. The lowest BCUT2D eigenvalue weighted by Crippen LogP contribution is -2.29. The minimum atomic E-state index is -0.0774. The van der Waals surface area contributed by atoms with Crippen LogP contribution in [0.4, 0.5) is 0 Å². The van der Waals surface area contributed by atoms with Crippen LogP contribution in [0.15, 0.2) is 72.9 Å². The van der Waals surface area contributed by atoms with Gasteiger partial charge in [-0.2, -0.15) is 0 Å². The van der Waals surface area contributed by atoms with Crippen LogP contribution in [-0.2, 0) is 6.54 Å². The Balaban J connectivity index is 1.61. The van der Waals surface area contributed by atoms with E-state index in [1.165, 1.54) is 11.1 Å². The summed E-state index contributed by atoms with van der Waals surface area (Å²) in [5.74, 6) is 0.837. The largest absolute Gasteiger partial charge is 0.497 e. The number of hydrogen-bond donors (Lipinski definition) is 1. The lowest BCUT2D eigenvalue weighted by atomic mass is 9.96. The molecule has 1 fully saturated rings. The Bertz CT molecular complexity index is 1400. The van der Waals surface area contributed by atoms with Gasteiger partial charge in [0.05, 0.1) is 24.9 Å². The zero-order chi connectivity index (χ0) is 25.4. The molecule has 4 aromatic rings. The number of pyridine rings is 1. The van der Waals surface area contributed by atoms with Gasteiger partial charge in [-0.3, -0.25) is 4.98 Å². The minimum Gasteiger partial charge on any atom is -0.497 e. The number of aryl methyl sites for hydroxylation is 2. The zero-order valence-electron chi connectivity index (χ0n) is 20.8. The maximum atomic E-state index is 6.40. The molecule has 2 aromatic carbocycles. The molecule has 0 aliphatic carbocycles. The average Bonchev–Trinajstić information content (AvgIpc) is 3.36. The molecule has 184 valence electrons. The van der Waals surface area contributed by atoms with Gasteiger partial charge in [-0.1, -0.05) is 35.9 Å². The number of hydrogen-bond acceptors (Lipinski definition) is 3. The second-order valence-electron chi connectivity index (χ2n) is 9.20. The summed E-state index contributed by atoms with van der Waals surface area (Å²) in [4.78, 5) is 6.96. The fourth-order valence-electron chi connectivity index (χ4n) is 5.12. The Morgan fingerprint density at radius 3 is 2.50 bits per heavy atom. The van der Waals surface area contributed by atoms with Crippen LogP contribution >= 0.6 is 23.8 Å². The Morgan fingerprint density at radius 2 is 1.81 bits per heavy atom. The van der Waals surface area contributed by atoms with Crippen LogP contribution < -0.4 is 10.1 Å². The predicted molar refractivity (Wildman–Crippen MR) is 149 cm³/mol. The molecule has 0 amide bonds. The highest BCUT2D eigenvalue weighted by molar-refractivity contribution is 7.80. The highest BCUT2D eigenvalue weighted by Crippen LogP contribution is 2.42. The summed E-state index contributed by atoms with van der Waals surface area (Å²) in [5.41, 5.74) is 7.91. The topological polar surface area (TPSA) is 42.3 Å². The maximum absolute atomic E-state index is 6.40. The predicted octanol–water partition coefficient (Wildman–Crippen LogP) is 6.63. The first kappa shape index (κ1) is 24.3. The maximum Gasteiger partial charge on any atom is 0.170 e. The number of nitrogens with zero attached hydrogens (tertiary/aromatic N) is 3. The van der Waals surface area contributed by atoms with Crippen molar-refractivity contribution in [2.24, 2.45) is 0 Å². The number of aromatic nitrogens is 2. The molecule has 2 atom stereocenters. The Labute approximate surface area is 222 Å². The van der Waals surface area contributed by atoms with Crippen molar-refractivity contribution in [1.82, 2.24) is 19.8 Å². The molecule has 0 spiro atoms. The molecule has 1 saturated heterocycles. The molecule has 1 N–H and O–H groups in total. The van der Waals surface area contributed by atoms with E-state index < -0.39 is 0 Å². The van der Waals surface area contributed by atoms with Gasteiger partial charge in [0, 0.05) is 34.8 Å². The molecule has 2 aromatic heterocycles. The number of halogens is 1. The fraction of sp³-hybridized carbons (Fsp3) is 0.241. The van der Waals surface area contributed by atoms with Crippen molar-refractivity contribution in [2.75, 3.05) is 7.11 Å². The van der Waals surface area contributed by atoms with Gasteiger partial charge in [-0.25, -0.2) is 0 Å². The third kappa shape index (κ3) is 4.47. The fourth-order valence-corrected chi connectivity index (χ4v) is 5.59. The van der Waals surface area contributed by atoms with E-state index in [1.54, 1.807) is 7.11 Å². The summed E-state index contributed by atoms with van der Waals surface area (Å²) in [6.07, 6.45) is 1.84. The highest BCUT2D eigenvalue weighted by atomic mass is 35.5. The number of thiocarbonyl (C=S) groups is 1. The lowest BCUT2D eigenvalue weighted by Gasteiger charge is -2.28. The van der Waals surface area contributed by atoms with Gasteiger partial charge in [0.15, 0.2) is 5.11 Å². The third-order valence-corrected chi connectivity index (χ3v) is 7.50. The van der Waals surface area contributed by atoms with Gasteiger partial charge in [-0.05, 0) is 92.1 Å². The SMILES string of the molecule is COc1ccc(CN2C(=S)N[C@H](c3ccccn3)[C@H]2c2cc(C)n(-c3cc(Cl)ccc3C)c2C)cc1. The number of rotatable bonds is 6. The standard InChI is InChI=1S/C29H29ClN4OS/c1-18-8-11-22(30)16-26(18)34-19(2)15-24(20(34)3)28-27(25-7-5-6-14-31-25)32-29(36)33(28)17-21-9-12-23(35-4)13-10-21/h5-16,27-28H,17H2,1-4H3,(H,32,36)/t27-,28-/m1/s1. The molecular weight excluding hydrogens is 488 g/mol. The van der Waals surface area contributed by atoms with Crippen LogP contribution in [0.3, 0.4) is 0 Å². The van der Waals surface area contributed by atoms with E-state index in [1.807, 2.05) is 42.6 Å². The van der Waals surface area contributed by atoms with Crippen molar-refractivity contribution < 1.29 is 4.74 Å². The summed E-state index contributed by atoms with van der Waals surface area (Å²) in [7, 11) is 1.68.